The zero-order chi connectivity index (χ0) is 16.4. The summed E-state index contributed by atoms with van der Waals surface area (Å²) in [5.41, 5.74) is 2.18. The molecule has 7 heteroatoms. The van der Waals surface area contributed by atoms with Gasteiger partial charge in [0.15, 0.2) is 0 Å². The molecule has 0 bridgehead atoms. The molecule has 1 amide bonds. The fraction of sp³-hybridized carbons (Fsp3) is 0.556. The van der Waals surface area contributed by atoms with E-state index in [-0.39, 0.29) is 42.7 Å². The van der Waals surface area contributed by atoms with Crippen LogP contribution in [0.5, 0.6) is 0 Å². The predicted molar refractivity (Wildman–Crippen MR) is 107 cm³/mol. The fourth-order valence-electron chi connectivity index (χ4n) is 3.66. The minimum Gasteiger partial charge on any atom is -0.332 e. The summed E-state index contributed by atoms with van der Waals surface area (Å²) in [5.74, 6) is 1.27. The van der Waals surface area contributed by atoms with Crippen molar-refractivity contribution in [1.29, 1.82) is 0 Å². The van der Waals surface area contributed by atoms with Crippen LogP contribution in [0.1, 0.15) is 38.6 Å². The van der Waals surface area contributed by atoms with Crippen LogP contribution in [0.3, 0.4) is 0 Å². The van der Waals surface area contributed by atoms with Crippen molar-refractivity contribution in [3.8, 4) is 0 Å². The Bertz CT molecular complexity index is 703. The van der Waals surface area contributed by atoms with Gasteiger partial charge in [-0.1, -0.05) is 19.1 Å². The highest BCUT2D eigenvalue weighted by molar-refractivity contribution is 5.85. The second-order valence-corrected chi connectivity index (χ2v) is 6.35. The number of nitrogens with zero attached hydrogens (tertiary/aromatic N) is 3. The van der Waals surface area contributed by atoms with Gasteiger partial charge < -0.3 is 14.8 Å². The first-order valence-corrected chi connectivity index (χ1v) is 8.57. The van der Waals surface area contributed by atoms with Gasteiger partial charge in [0.05, 0.1) is 17.1 Å². The van der Waals surface area contributed by atoms with E-state index in [1.54, 1.807) is 0 Å². The first-order valence-electron chi connectivity index (χ1n) is 8.57. The number of amides is 1. The quantitative estimate of drug-likeness (QED) is 0.856. The molecular formula is C18H28Cl2N4O. The van der Waals surface area contributed by atoms with Gasteiger partial charge in [0.1, 0.15) is 5.82 Å². The third kappa shape index (κ3) is 4.10. The highest BCUT2D eigenvalue weighted by atomic mass is 35.5. The van der Waals surface area contributed by atoms with Gasteiger partial charge in [0, 0.05) is 25.6 Å². The van der Waals surface area contributed by atoms with Gasteiger partial charge in [-0.15, -0.1) is 24.8 Å². The van der Waals surface area contributed by atoms with Crippen molar-refractivity contribution < 1.29 is 4.79 Å². The third-order valence-corrected chi connectivity index (χ3v) is 4.77. The number of carbonyl (C=O) groups is 1. The Morgan fingerprint density at radius 2 is 2.08 bits per heavy atom. The van der Waals surface area contributed by atoms with Gasteiger partial charge in [0.2, 0.25) is 5.91 Å². The number of nitrogens with one attached hydrogen (secondary N) is 1. The van der Waals surface area contributed by atoms with E-state index in [9.17, 15) is 4.79 Å². The first-order chi connectivity index (χ1) is 11.2. The molecule has 0 aliphatic carbocycles. The summed E-state index contributed by atoms with van der Waals surface area (Å²) in [6, 6.07) is 8.34. The van der Waals surface area contributed by atoms with Crippen LogP contribution >= 0.6 is 24.8 Å². The SMILES string of the molecule is CCn1c(C2CCCN2C(=O)C(C)CNC)nc2ccccc21.Cl.Cl. The van der Waals surface area contributed by atoms with Crippen molar-refractivity contribution in [1.82, 2.24) is 19.8 Å². The summed E-state index contributed by atoms with van der Waals surface area (Å²) in [7, 11) is 1.89. The maximum atomic E-state index is 12.8. The number of hydrogen-bond acceptors (Lipinski definition) is 3. The molecule has 0 saturated carbocycles. The number of rotatable bonds is 5. The van der Waals surface area contributed by atoms with Crippen molar-refractivity contribution in [2.24, 2.45) is 5.92 Å². The molecule has 0 spiro atoms. The van der Waals surface area contributed by atoms with Crippen LogP contribution in [-0.2, 0) is 11.3 Å². The Hall–Kier alpha value is -1.30. The zero-order valence-electron chi connectivity index (χ0n) is 15.1. The molecule has 1 fully saturated rings. The Morgan fingerprint density at radius 1 is 1.36 bits per heavy atom. The van der Waals surface area contributed by atoms with Crippen molar-refractivity contribution >= 4 is 41.8 Å². The molecule has 1 aliphatic rings. The van der Waals surface area contributed by atoms with Gasteiger partial charge >= 0.3 is 0 Å². The van der Waals surface area contributed by atoms with Crippen LogP contribution in [0.25, 0.3) is 11.0 Å². The molecule has 3 rings (SSSR count). The highest BCUT2D eigenvalue weighted by Gasteiger charge is 2.35. The van der Waals surface area contributed by atoms with Crippen LogP contribution in [0.4, 0.5) is 0 Å². The van der Waals surface area contributed by atoms with Gasteiger partial charge in [-0.2, -0.15) is 0 Å². The number of para-hydroxylation sites is 2. The Kier molecular flexibility index (Phi) is 8.19. The number of imidazole rings is 1. The van der Waals surface area contributed by atoms with E-state index in [2.05, 4.69) is 28.9 Å². The normalized spacial score (nSPS) is 17.9. The number of fused-ring (bicyclic) bond motifs is 1. The van der Waals surface area contributed by atoms with Gasteiger partial charge in [0.25, 0.3) is 0 Å². The summed E-state index contributed by atoms with van der Waals surface area (Å²) in [6.45, 7) is 6.57. The number of carbonyl (C=O) groups excluding carboxylic acids is 1. The van der Waals surface area contributed by atoms with Crippen LogP contribution in [0, 0.1) is 5.92 Å². The maximum absolute atomic E-state index is 12.8. The largest absolute Gasteiger partial charge is 0.332 e. The molecule has 25 heavy (non-hydrogen) atoms. The molecule has 2 atom stereocenters. The van der Waals surface area contributed by atoms with E-state index in [4.69, 9.17) is 4.98 Å². The van der Waals surface area contributed by atoms with Gasteiger partial charge in [-0.3, -0.25) is 4.79 Å². The summed E-state index contributed by atoms with van der Waals surface area (Å²) >= 11 is 0. The zero-order valence-corrected chi connectivity index (χ0v) is 16.7. The lowest BCUT2D eigenvalue weighted by atomic mass is 10.1. The second-order valence-electron chi connectivity index (χ2n) is 6.35. The van der Waals surface area contributed by atoms with Crippen molar-refractivity contribution in [2.75, 3.05) is 20.1 Å². The van der Waals surface area contributed by atoms with E-state index in [0.29, 0.717) is 6.54 Å². The lowest BCUT2D eigenvalue weighted by Gasteiger charge is -2.27. The van der Waals surface area contributed by atoms with Crippen LogP contribution < -0.4 is 5.32 Å². The van der Waals surface area contributed by atoms with E-state index in [0.717, 1.165) is 42.8 Å². The predicted octanol–water partition coefficient (Wildman–Crippen LogP) is 3.42. The topological polar surface area (TPSA) is 50.2 Å². The molecule has 0 radical (unpaired) electrons. The molecule has 2 unspecified atom stereocenters. The molecule has 140 valence electrons. The van der Waals surface area contributed by atoms with Crippen LogP contribution in [-0.4, -0.2) is 40.5 Å². The first kappa shape index (κ1) is 21.7. The molecule has 5 nitrogen and oxygen atoms in total. The Balaban J connectivity index is 0.00000156. The number of benzene rings is 1. The van der Waals surface area contributed by atoms with Crippen LogP contribution in [0.2, 0.25) is 0 Å². The number of likely N-dealkylation sites (tertiary alicyclic amines) is 1. The fourth-order valence-corrected chi connectivity index (χ4v) is 3.66. The van der Waals surface area contributed by atoms with E-state index in [1.807, 2.05) is 31.0 Å². The summed E-state index contributed by atoms with van der Waals surface area (Å²) in [6.07, 6.45) is 2.05. The Morgan fingerprint density at radius 3 is 2.76 bits per heavy atom. The molecule has 1 saturated heterocycles. The van der Waals surface area contributed by atoms with Crippen LogP contribution in [0.15, 0.2) is 24.3 Å². The van der Waals surface area contributed by atoms with E-state index >= 15 is 0 Å². The summed E-state index contributed by atoms with van der Waals surface area (Å²) in [4.78, 5) is 19.7. The van der Waals surface area contributed by atoms with Gasteiger partial charge in [-0.05, 0) is 38.9 Å². The average molecular weight is 387 g/mol. The molecule has 1 aliphatic heterocycles. The van der Waals surface area contributed by atoms with E-state index < -0.39 is 0 Å². The molecular weight excluding hydrogens is 359 g/mol. The molecule has 1 aromatic heterocycles. The monoisotopic (exact) mass is 386 g/mol. The number of hydrogen-bond donors (Lipinski definition) is 1. The molecule has 1 N–H and O–H groups in total. The standard InChI is InChI=1S/C18H26N4O.2ClH/c1-4-21-15-9-6-5-8-14(15)20-17(21)16-10-7-11-22(16)18(23)13(2)12-19-3;;/h5-6,8-9,13,16,19H,4,7,10-12H2,1-3H3;2*1H. The van der Waals surface area contributed by atoms with Crippen molar-refractivity contribution in [3.05, 3.63) is 30.1 Å². The Labute approximate surface area is 162 Å². The molecule has 2 aromatic rings. The highest BCUT2D eigenvalue weighted by Crippen LogP contribution is 2.34. The number of aryl methyl sites for hydroxylation is 1. The van der Waals surface area contributed by atoms with Crippen molar-refractivity contribution in [2.45, 2.75) is 39.3 Å². The number of halogens is 2. The van der Waals surface area contributed by atoms with Gasteiger partial charge in [-0.25, -0.2) is 4.98 Å². The molecule has 2 heterocycles. The maximum Gasteiger partial charge on any atom is 0.227 e. The lowest BCUT2D eigenvalue weighted by Crippen LogP contribution is -2.38. The lowest BCUT2D eigenvalue weighted by molar-refractivity contribution is -0.136. The van der Waals surface area contributed by atoms with Crippen molar-refractivity contribution in [3.63, 3.8) is 0 Å². The second kappa shape index (κ2) is 9.41. The smallest absolute Gasteiger partial charge is 0.227 e. The molecule has 1 aromatic carbocycles. The average Bonchev–Trinajstić information content (AvgIpc) is 3.17. The van der Waals surface area contributed by atoms with E-state index in [1.165, 1.54) is 0 Å². The summed E-state index contributed by atoms with van der Waals surface area (Å²) in [5, 5.41) is 3.10. The third-order valence-electron chi connectivity index (χ3n) is 4.77. The minimum atomic E-state index is 0. The summed E-state index contributed by atoms with van der Waals surface area (Å²) < 4.78 is 2.26. The minimum absolute atomic E-state index is 0. The number of aromatic nitrogens is 2.